The first-order valence-corrected chi connectivity index (χ1v) is 32.1. The lowest BCUT2D eigenvalue weighted by molar-refractivity contribution is 0.125. The Morgan fingerprint density at radius 3 is 0.863 bits per heavy atom. The van der Waals surface area contributed by atoms with Crippen molar-refractivity contribution in [2.75, 3.05) is 49.3 Å². The third-order valence-corrected chi connectivity index (χ3v) is 16.1. The highest BCUT2D eigenvalue weighted by Gasteiger charge is 2.43. The highest BCUT2D eigenvalue weighted by Crippen LogP contribution is 2.36. The van der Waals surface area contributed by atoms with Gasteiger partial charge in [0, 0.05) is 73.8 Å². The van der Waals surface area contributed by atoms with Crippen LogP contribution in [0.5, 0.6) is 0 Å². The van der Waals surface area contributed by atoms with E-state index in [2.05, 4.69) is 89.7 Å². The van der Waals surface area contributed by atoms with Crippen LogP contribution in [0, 0.1) is 0 Å². The van der Waals surface area contributed by atoms with E-state index in [1.807, 2.05) is 0 Å². The molecule has 2 aliphatic heterocycles. The Hall–Kier alpha value is -1.26. The van der Waals surface area contributed by atoms with Crippen molar-refractivity contribution in [3.63, 3.8) is 0 Å². The van der Waals surface area contributed by atoms with Gasteiger partial charge in [-0.15, -0.1) is 0 Å². The minimum atomic E-state index is -0.0292. The molecule has 9 nitrogen and oxygen atoms in total. The van der Waals surface area contributed by atoms with Gasteiger partial charge >= 0.3 is 0 Å². The average molecular weight is 1050 g/mol. The van der Waals surface area contributed by atoms with E-state index in [0.717, 1.165) is 90.9 Å². The largest absolute Gasteiger partial charge is 0.381 e. The molecule has 3 rings (SSSR count). The van der Waals surface area contributed by atoms with Gasteiger partial charge in [-0.2, -0.15) is 15.0 Å². The number of aromatic nitrogens is 3. The summed E-state index contributed by atoms with van der Waals surface area (Å²) in [5.41, 5.74) is -0.117. The van der Waals surface area contributed by atoms with Gasteiger partial charge in [0.15, 0.2) is 0 Å². The van der Waals surface area contributed by atoms with Gasteiger partial charge < -0.3 is 29.9 Å². The van der Waals surface area contributed by atoms with Crippen molar-refractivity contribution in [1.82, 2.24) is 25.6 Å². The van der Waals surface area contributed by atoms with Crippen LogP contribution < -0.4 is 20.4 Å². The smallest absolute Gasteiger partial charge is 0.231 e. The molecule has 0 aliphatic carbocycles. The van der Waals surface area contributed by atoms with Crippen molar-refractivity contribution >= 4 is 23.5 Å². The van der Waals surface area contributed by atoms with Crippen LogP contribution in [0.4, 0.5) is 11.9 Å². The van der Waals surface area contributed by atoms with Gasteiger partial charge in [0.2, 0.25) is 17.2 Å². The van der Waals surface area contributed by atoms with Gasteiger partial charge in [-0.1, -0.05) is 206 Å². The molecular formula is C63H122ClN7O2. The van der Waals surface area contributed by atoms with Crippen molar-refractivity contribution in [2.45, 2.75) is 347 Å². The number of piperidine rings is 2. The predicted octanol–water partition coefficient (Wildman–Crippen LogP) is 18.1. The first-order chi connectivity index (χ1) is 35.1. The summed E-state index contributed by atoms with van der Waals surface area (Å²) in [6, 6.07) is 0.502. The maximum Gasteiger partial charge on any atom is 0.231 e. The number of hydrogen-bond acceptors (Lipinski definition) is 9. The summed E-state index contributed by atoms with van der Waals surface area (Å²) < 4.78 is 12.6. The minimum absolute atomic E-state index is 0.0292. The van der Waals surface area contributed by atoms with E-state index in [1.165, 1.54) is 193 Å². The SMILES string of the molecule is CCCCCCCCCCCCCCCCCCOCCCN(c1nc(Cl)nc(N(CCCOCCCCCCCCCCCCCCCCCC)C2CC(C)(C)NC(C)(C)C2)n1)C1CC(C)(C)NC(C)(C)C1. The summed E-state index contributed by atoms with van der Waals surface area (Å²) in [4.78, 5) is 20.2. The number of hydrogen-bond donors (Lipinski definition) is 2. The predicted molar refractivity (Wildman–Crippen MR) is 318 cm³/mol. The van der Waals surface area contributed by atoms with Crippen LogP contribution in [0.15, 0.2) is 0 Å². The summed E-state index contributed by atoms with van der Waals surface area (Å²) in [5, 5.41) is 8.09. The molecule has 0 unspecified atom stereocenters. The van der Waals surface area contributed by atoms with Crippen LogP contribution in [-0.2, 0) is 9.47 Å². The first-order valence-electron chi connectivity index (χ1n) is 31.7. The van der Waals surface area contributed by atoms with Crippen LogP contribution in [0.1, 0.15) is 313 Å². The molecule has 0 bridgehead atoms. The zero-order chi connectivity index (χ0) is 53.1. The molecule has 428 valence electrons. The fourth-order valence-electron chi connectivity index (χ4n) is 12.8. The summed E-state index contributed by atoms with van der Waals surface area (Å²) in [7, 11) is 0. The Morgan fingerprint density at radius 2 is 0.603 bits per heavy atom. The molecule has 1 aromatic rings. The number of rotatable bonds is 46. The third-order valence-electron chi connectivity index (χ3n) is 16.0. The van der Waals surface area contributed by atoms with Crippen LogP contribution >= 0.6 is 11.6 Å². The van der Waals surface area contributed by atoms with Crippen molar-refractivity contribution < 1.29 is 9.47 Å². The zero-order valence-corrected chi connectivity index (χ0v) is 51.0. The number of anilines is 2. The molecule has 2 fully saturated rings. The van der Waals surface area contributed by atoms with Crippen molar-refractivity contribution in [1.29, 1.82) is 0 Å². The molecule has 0 saturated carbocycles. The van der Waals surface area contributed by atoms with Crippen LogP contribution in [0.2, 0.25) is 5.28 Å². The topological polar surface area (TPSA) is 87.7 Å². The molecule has 0 spiro atoms. The number of ether oxygens (including phenoxy) is 2. The Bertz CT molecular complexity index is 1350. The molecule has 2 aliphatic rings. The molecule has 0 aromatic carbocycles. The second-order valence-corrected chi connectivity index (χ2v) is 26.4. The summed E-state index contributed by atoms with van der Waals surface area (Å²) in [6.45, 7) is 28.0. The Morgan fingerprint density at radius 1 is 0.370 bits per heavy atom. The molecule has 2 N–H and O–H groups in total. The molecular weight excluding hydrogens is 922 g/mol. The molecule has 0 amide bonds. The van der Waals surface area contributed by atoms with E-state index in [9.17, 15) is 0 Å². The second kappa shape index (κ2) is 38.3. The Kier molecular flexibility index (Phi) is 34.7. The van der Waals surface area contributed by atoms with E-state index in [4.69, 9.17) is 36.0 Å². The van der Waals surface area contributed by atoms with E-state index >= 15 is 0 Å². The van der Waals surface area contributed by atoms with Gasteiger partial charge in [-0.25, -0.2) is 0 Å². The molecule has 0 radical (unpaired) electrons. The summed E-state index contributed by atoms with van der Waals surface area (Å²) in [6.07, 6.45) is 50.1. The zero-order valence-electron chi connectivity index (χ0n) is 50.2. The van der Waals surface area contributed by atoms with Crippen molar-refractivity contribution in [3.05, 3.63) is 5.28 Å². The van der Waals surface area contributed by atoms with Crippen LogP contribution in [0.25, 0.3) is 0 Å². The fraction of sp³-hybridized carbons (Fsp3) is 0.952. The quantitative estimate of drug-likeness (QED) is 0.0620. The normalized spacial score (nSPS) is 17.6. The summed E-state index contributed by atoms with van der Waals surface area (Å²) in [5.74, 6) is 1.40. The van der Waals surface area contributed by atoms with Gasteiger partial charge in [0.1, 0.15) is 0 Å². The lowest BCUT2D eigenvalue weighted by Gasteiger charge is -2.50. The fourth-order valence-corrected chi connectivity index (χ4v) is 13.0. The van der Waals surface area contributed by atoms with E-state index in [-0.39, 0.29) is 39.5 Å². The molecule has 3 heterocycles. The van der Waals surface area contributed by atoms with Crippen LogP contribution in [0.3, 0.4) is 0 Å². The standard InChI is InChI=1S/C63H122ClN7O2/c1-11-13-15-17-19-21-23-25-27-29-31-33-35-37-39-41-47-72-49-43-45-70(55-51-60(3,4)68-61(5,6)52-55)58-65-57(64)66-59(67-58)71(56-53-62(7,8)69-63(9,10)54-56)46-44-50-73-48-42-40-38-36-34-32-30-28-26-24-22-20-18-16-14-12-2/h55-56,68-69H,11-54H2,1-10H3. The van der Waals surface area contributed by atoms with E-state index < -0.39 is 0 Å². The molecule has 1 aromatic heterocycles. The van der Waals surface area contributed by atoms with Crippen molar-refractivity contribution in [2.24, 2.45) is 0 Å². The van der Waals surface area contributed by atoms with Crippen molar-refractivity contribution in [3.8, 4) is 0 Å². The number of unbranched alkanes of at least 4 members (excludes halogenated alkanes) is 30. The Labute approximate surface area is 458 Å². The second-order valence-electron chi connectivity index (χ2n) is 26.0. The Balaban J connectivity index is 1.49. The number of halogens is 1. The highest BCUT2D eigenvalue weighted by atomic mass is 35.5. The maximum absolute atomic E-state index is 6.99. The molecule has 73 heavy (non-hydrogen) atoms. The third kappa shape index (κ3) is 31.7. The lowest BCUT2D eigenvalue weighted by atomic mass is 9.79. The number of nitrogens with zero attached hydrogens (tertiary/aromatic N) is 5. The van der Waals surface area contributed by atoms with Crippen LogP contribution in [-0.4, -0.2) is 88.7 Å². The van der Waals surface area contributed by atoms with Gasteiger partial charge in [-0.3, -0.25) is 0 Å². The molecule has 10 heteroatoms. The maximum atomic E-state index is 6.99. The highest BCUT2D eigenvalue weighted by molar-refractivity contribution is 6.28. The minimum Gasteiger partial charge on any atom is -0.381 e. The summed E-state index contributed by atoms with van der Waals surface area (Å²) >= 11 is 6.99. The average Bonchev–Trinajstić information content (AvgIpc) is 3.30. The molecule has 0 atom stereocenters. The number of nitrogens with one attached hydrogen (secondary N) is 2. The van der Waals surface area contributed by atoms with Gasteiger partial charge in [0.05, 0.1) is 0 Å². The van der Waals surface area contributed by atoms with Gasteiger partial charge in [-0.05, 0) is 118 Å². The first kappa shape index (κ1) is 66.0. The van der Waals surface area contributed by atoms with E-state index in [1.54, 1.807) is 0 Å². The monoisotopic (exact) mass is 1040 g/mol. The molecule has 2 saturated heterocycles. The van der Waals surface area contributed by atoms with Gasteiger partial charge in [0.25, 0.3) is 0 Å². The lowest BCUT2D eigenvalue weighted by Crippen LogP contribution is -2.63. The van der Waals surface area contributed by atoms with E-state index in [0.29, 0.717) is 11.9 Å².